The molecule has 0 aliphatic heterocycles. The summed E-state index contributed by atoms with van der Waals surface area (Å²) in [5.41, 5.74) is 3.22. The summed E-state index contributed by atoms with van der Waals surface area (Å²) >= 11 is 0. The number of allylic oxidation sites excluding steroid dienone is 1. The Kier molecular flexibility index (Phi) is 7.32. The Morgan fingerprint density at radius 2 is 1.90 bits per heavy atom. The predicted molar refractivity (Wildman–Crippen MR) is 124 cm³/mol. The van der Waals surface area contributed by atoms with E-state index in [0.717, 1.165) is 16.8 Å². The first-order valence-electron chi connectivity index (χ1n) is 10.0. The third-order valence-corrected chi connectivity index (χ3v) is 4.67. The highest BCUT2D eigenvalue weighted by Crippen LogP contribution is 2.28. The molecule has 0 saturated heterocycles. The molecule has 1 aromatic heterocycles. The highest BCUT2D eigenvalue weighted by atomic mass is 16.5. The van der Waals surface area contributed by atoms with E-state index < -0.39 is 0 Å². The Balaban J connectivity index is 1.60. The third kappa shape index (κ3) is 5.88. The zero-order valence-electron chi connectivity index (χ0n) is 18.3. The van der Waals surface area contributed by atoms with Crippen molar-refractivity contribution in [2.24, 2.45) is 0 Å². The molecule has 0 bridgehead atoms. The second-order valence-electron chi connectivity index (χ2n) is 7.18. The number of nitrogens with zero attached hydrogens (tertiary/aromatic N) is 3. The molecule has 0 saturated carbocycles. The maximum atomic E-state index is 12.4. The maximum absolute atomic E-state index is 12.4. The summed E-state index contributed by atoms with van der Waals surface area (Å²) in [6, 6.07) is 15.5. The van der Waals surface area contributed by atoms with E-state index in [2.05, 4.69) is 34.7 Å². The van der Waals surface area contributed by atoms with Crippen LogP contribution in [0.5, 0.6) is 11.5 Å². The first-order chi connectivity index (χ1) is 15.0. The van der Waals surface area contributed by atoms with Gasteiger partial charge in [-0.3, -0.25) is 4.79 Å². The van der Waals surface area contributed by atoms with Crippen molar-refractivity contribution in [1.82, 2.24) is 9.78 Å². The van der Waals surface area contributed by atoms with Crippen molar-refractivity contribution in [2.45, 2.75) is 13.5 Å². The van der Waals surface area contributed by atoms with Gasteiger partial charge in [-0.25, -0.2) is 4.68 Å². The number of methoxy groups -OCH3 is 1. The normalized spacial score (nSPS) is 10.8. The van der Waals surface area contributed by atoms with Crippen molar-refractivity contribution in [2.75, 3.05) is 38.0 Å². The number of aromatic nitrogens is 2. The highest BCUT2D eigenvalue weighted by molar-refractivity contribution is 5.91. The van der Waals surface area contributed by atoms with Gasteiger partial charge in [-0.1, -0.05) is 30.4 Å². The quantitative estimate of drug-likeness (QED) is 0.565. The lowest BCUT2D eigenvalue weighted by Gasteiger charge is -2.14. The Bertz CT molecular complexity index is 1040. The van der Waals surface area contributed by atoms with Gasteiger partial charge in [-0.15, -0.1) is 0 Å². The van der Waals surface area contributed by atoms with Gasteiger partial charge in [0, 0.05) is 25.8 Å². The van der Waals surface area contributed by atoms with Crippen LogP contribution in [0.4, 0.5) is 11.5 Å². The molecule has 0 atom stereocenters. The fourth-order valence-electron chi connectivity index (χ4n) is 3.06. The molecule has 2 aromatic carbocycles. The van der Waals surface area contributed by atoms with Crippen molar-refractivity contribution in [3.05, 3.63) is 71.9 Å². The fraction of sp³-hybridized carbons (Fsp3) is 0.250. The summed E-state index contributed by atoms with van der Waals surface area (Å²) in [6.45, 7) is 2.37. The minimum absolute atomic E-state index is 0.137. The smallest absolute Gasteiger partial charge is 0.263 e. The van der Waals surface area contributed by atoms with Gasteiger partial charge < -0.3 is 19.7 Å². The van der Waals surface area contributed by atoms with Crippen LogP contribution in [0, 0.1) is 0 Å². The predicted octanol–water partition coefficient (Wildman–Crippen LogP) is 4.06. The summed E-state index contributed by atoms with van der Waals surface area (Å²) < 4.78 is 12.8. The summed E-state index contributed by atoms with van der Waals surface area (Å²) in [7, 11) is 5.58. The average Bonchev–Trinajstić information content (AvgIpc) is 3.19. The SMILES string of the molecule is C/C=C/c1ccc(OCC(=O)Nc2ccnn2Cc2ccc(N(C)C)cc2)c(OC)c1. The second kappa shape index (κ2) is 10.3. The standard InChI is InChI=1S/C24H28N4O3/c1-5-6-18-9-12-21(22(15-18)30-4)31-17-24(29)26-23-13-14-25-28(23)16-19-7-10-20(11-8-19)27(2)3/h5-15H,16-17H2,1-4H3,(H,26,29)/b6-5+. The summed E-state index contributed by atoms with van der Waals surface area (Å²) in [5, 5.41) is 7.18. The first-order valence-corrected chi connectivity index (χ1v) is 10.0. The van der Waals surface area contributed by atoms with Crippen molar-refractivity contribution in [3.8, 4) is 11.5 Å². The number of rotatable bonds is 9. The number of carbonyl (C=O) groups is 1. The fourth-order valence-corrected chi connectivity index (χ4v) is 3.06. The third-order valence-electron chi connectivity index (χ3n) is 4.67. The molecule has 7 heteroatoms. The number of carbonyl (C=O) groups excluding carboxylic acids is 1. The van der Waals surface area contributed by atoms with E-state index in [4.69, 9.17) is 9.47 Å². The minimum atomic E-state index is -0.274. The molecule has 0 radical (unpaired) electrons. The number of nitrogens with one attached hydrogen (secondary N) is 1. The Morgan fingerprint density at radius 1 is 1.13 bits per heavy atom. The van der Waals surface area contributed by atoms with Crippen molar-refractivity contribution in [1.29, 1.82) is 0 Å². The lowest BCUT2D eigenvalue weighted by molar-refractivity contribution is -0.118. The largest absolute Gasteiger partial charge is 0.493 e. The Morgan fingerprint density at radius 3 is 2.58 bits per heavy atom. The van der Waals surface area contributed by atoms with Crippen LogP contribution in [0.15, 0.2) is 60.8 Å². The molecule has 0 aliphatic carbocycles. The van der Waals surface area contributed by atoms with Gasteiger partial charge in [0.05, 0.1) is 19.9 Å². The molecule has 0 aliphatic rings. The first kappa shape index (κ1) is 22.0. The Labute approximate surface area is 182 Å². The second-order valence-corrected chi connectivity index (χ2v) is 7.18. The minimum Gasteiger partial charge on any atom is -0.493 e. The molecule has 3 aromatic rings. The van der Waals surface area contributed by atoms with Gasteiger partial charge in [-0.2, -0.15) is 5.10 Å². The molecular formula is C24H28N4O3. The van der Waals surface area contributed by atoms with Crippen LogP contribution in [0.25, 0.3) is 6.08 Å². The molecule has 0 fully saturated rings. The van der Waals surface area contributed by atoms with Gasteiger partial charge in [0.25, 0.3) is 5.91 Å². The number of hydrogen-bond acceptors (Lipinski definition) is 5. The summed E-state index contributed by atoms with van der Waals surface area (Å²) in [5.74, 6) is 1.43. The number of benzene rings is 2. The van der Waals surface area contributed by atoms with E-state index in [-0.39, 0.29) is 12.5 Å². The van der Waals surface area contributed by atoms with E-state index in [1.165, 1.54) is 0 Å². The van der Waals surface area contributed by atoms with Crippen molar-refractivity contribution in [3.63, 3.8) is 0 Å². The van der Waals surface area contributed by atoms with E-state index >= 15 is 0 Å². The van der Waals surface area contributed by atoms with Crippen molar-refractivity contribution >= 4 is 23.5 Å². The molecular weight excluding hydrogens is 392 g/mol. The highest BCUT2D eigenvalue weighted by Gasteiger charge is 2.11. The zero-order valence-corrected chi connectivity index (χ0v) is 18.3. The molecule has 3 rings (SSSR count). The maximum Gasteiger partial charge on any atom is 0.263 e. The van der Waals surface area contributed by atoms with E-state index in [0.29, 0.717) is 23.9 Å². The monoisotopic (exact) mass is 420 g/mol. The van der Waals surface area contributed by atoms with Crippen molar-refractivity contribution < 1.29 is 14.3 Å². The van der Waals surface area contributed by atoms with E-state index in [9.17, 15) is 4.79 Å². The van der Waals surface area contributed by atoms with Crippen LogP contribution < -0.4 is 19.7 Å². The van der Waals surface area contributed by atoms with Gasteiger partial charge in [0.15, 0.2) is 18.1 Å². The van der Waals surface area contributed by atoms with Crippen LogP contribution in [0.2, 0.25) is 0 Å². The molecule has 0 spiro atoms. The van der Waals surface area contributed by atoms with Crippen LogP contribution >= 0.6 is 0 Å². The molecule has 0 unspecified atom stereocenters. The zero-order chi connectivity index (χ0) is 22.2. The van der Waals surface area contributed by atoms with Gasteiger partial charge in [0.2, 0.25) is 0 Å². The lowest BCUT2D eigenvalue weighted by Crippen LogP contribution is -2.22. The van der Waals surface area contributed by atoms with Gasteiger partial charge in [0.1, 0.15) is 5.82 Å². The molecule has 1 N–H and O–H groups in total. The van der Waals surface area contributed by atoms with Crippen LogP contribution in [-0.4, -0.2) is 43.5 Å². The number of amides is 1. The van der Waals surface area contributed by atoms with Crippen LogP contribution in [0.1, 0.15) is 18.1 Å². The number of ether oxygens (including phenoxy) is 2. The number of anilines is 2. The topological polar surface area (TPSA) is 68.6 Å². The lowest BCUT2D eigenvalue weighted by atomic mass is 10.2. The molecule has 7 nitrogen and oxygen atoms in total. The molecule has 1 heterocycles. The Hall–Kier alpha value is -3.74. The van der Waals surface area contributed by atoms with Gasteiger partial charge >= 0.3 is 0 Å². The number of hydrogen-bond donors (Lipinski definition) is 1. The van der Waals surface area contributed by atoms with E-state index in [1.54, 1.807) is 30.1 Å². The summed E-state index contributed by atoms with van der Waals surface area (Å²) in [4.78, 5) is 14.5. The molecule has 162 valence electrons. The van der Waals surface area contributed by atoms with E-state index in [1.807, 2.05) is 50.2 Å². The molecule has 31 heavy (non-hydrogen) atoms. The average molecular weight is 421 g/mol. The molecule has 1 amide bonds. The van der Waals surface area contributed by atoms with Gasteiger partial charge in [-0.05, 0) is 42.3 Å². The van der Waals surface area contributed by atoms with Crippen LogP contribution in [0.3, 0.4) is 0 Å². The summed E-state index contributed by atoms with van der Waals surface area (Å²) in [6.07, 6.45) is 5.57. The van der Waals surface area contributed by atoms with Crippen LogP contribution in [-0.2, 0) is 11.3 Å².